The highest BCUT2D eigenvalue weighted by Gasteiger charge is 2.46. The maximum absolute atomic E-state index is 11.9. The fourth-order valence-corrected chi connectivity index (χ4v) is 2.18. The summed E-state index contributed by atoms with van der Waals surface area (Å²) in [5.41, 5.74) is 0.748. The van der Waals surface area contributed by atoms with E-state index in [0.717, 1.165) is 17.7 Å². The van der Waals surface area contributed by atoms with Crippen LogP contribution in [0.5, 0.6) is 5.75 Å². The van der Waals surface area contributed by atoms with E-state index in [4.69, 9.17) is 4.74 Å². The molecule has 90 valence electrons. The van der Waals surface area contributed by atoms with Crippen LogP contribution in [-0.2, 0) is 9.59 Å². The van der Waals surface area contributed by atoms with E-state index in [0.29, 0.717) is 6.42 Å². The number of nitrogens with zero attached hydrogens (tertiary/aromatic N) is 1. The van der Waals surface area contributed by atoms with Crippen molar-refractivity contribution in [3.63, 3.8) is 0 Å². The van der Waals surface area contributed by atoms with Crippen molar-refractivity contribution in [2.75, 3.05) is 12.0 Å². The lowest BCUT2D eigenvalue weighted by atomic mass is 9.85. The average Bonchev–Trinajstić information content (AvgIpc) is 2.37. The maximum Gasteiger partial charge on any atom is 0.233 e. The summed E-state index contributed by atoms with van der Waals surface area (Å²) in [6, 6.07) is 6.83. The molecule has 1 heterocycles. The van der Waals surface area contributed by atoms with Gasteiger partial charge in [0.25, 0.3) is 0 Å². The highest BCUT2D eigenvalue weighted by atomic mass is 16.5. The van der Waals surface area contributed by atoms with E-state index in [1.165, 1.54) is 0 Å². The van der Waals surface area contributed by atoms with Crippen LogP contribution >= 0.6 is 0 Å². The average molecular weight is 233 g/mol. The summed E-state index contributed by atoms with van der Waals surface area (Å²) in [4.78, 5) is 24.4. The zero-order chi connectivity index (χ0) is 12.4. The summed E-state index contributed by atoms with van der Waals surface area (Å²) in [5.74, 6) is 0.598. The molecule has 0 unspecified atom stereocenters. The Labute approximate surface area is 100 Å². The molecule has 1 amide bonds. The first kappa shape index (κ1) is 11.6. The van der Waals surface area contributed by atoms with Crippen molar-refractivity contribution in [3.8, 4) is 5.75 Å². The van der Waals surface area contributed by atoms with E-state index >= 15 is 0 Å². The third kappa shape index (κ3) is 1.79. The number of β-lactam (4-membered cyclic amide) rings is 1. The molecule has 0 saturated carbocycles. The molecule has 1 aromatic rings. The van der Waals surface area contributed by atoms with Crippen LogP contribution in [0.15, 0.2) is 24.3 Å². The lowest BCUT2D eigenvalue weighted by Gasteiger charge is -2.43. The minimum absolute atomic E-state index is 0.0229. The van der Waals surface area contributed by atoms with E-state index in [1.807, 2.05) is 6.92 Å². The summed E-state index contributed by atoms with van der Waals surface area (Å²) >= 11 is 0. The molecule has 1 saturated heterocycles. The van der Waals surface area contributed by atoms with Crippen LogP contribution in [0.25, 0.3) is 0 Å². The van der Waals surface area contributed by atoms with Crippen molar-refractivity contribution in [2.24, 2.45) is 5.92 Å². The number of anilines is 1. The van der Waals surface area contributed by atoms with Crippen molar-refractivity contribution < 1.29 is 14.3 Å². The zero-order valence-corrected chi connectivity index (χ0v) is 9.92. The van der Waals surface area contributed by atoms with E-state index in [9.17, 15) is 9.59 Å². The van der Waals surface area contributed by atoms with Crippen molar-refractivity contribution in [1.29, 1.82) is 0 Å². The molecule has 1 aromatic carbocycles. The second-order valence-corrected chi connectivity index (χ2v) is 4.05. The van der Waals surface area contributed by atoms with Gasteiger partial charge in [0.1, 0.15) is 18.1 Å². The van der Waals surface area contributed by atoms with Gasteiger partial charge in [-0.2, -0.15) is 0 Å². The van der Waals surface area contributed by atoms with Crippen molar-refractivity contribution in [2.45, 2.75) is 19.4 Å². The second kappa shape index (κ2) is 4.57. The van der Waals surface area contributed by atoms with Gasteiger partial charge in [-0.3, -0.25) is 4.79 Å². The van der Waals surface area contributed by atoms with Gasteiger partial charge in [0.05, 0.1) is 13.0 Å². The van der Waals surface area contributed by atoms with Crippen LogP contribution in [0.1, 0.15) is 13.3 Å². The van der Waals surface area contributed by atoms with Crippen molar-refractivity contribution >= 4 is 17.9 Å². The van der Waals surface area contributed by atoms with Crippen LogP contribution in [0.4, 0.5) is 5.69 Å². The third-order valence-electron chi connectivity index (χ3n) is 3.19. The molecule has 17 heavy (non-hydrogen) atoms. The summed E-state index contributed by atoms with van der Waals surface area (Å²) in [5, 5.41) is 0. The molecular formula is C13H15NO3. The van der Waals surface area contributed by atoms with Gasteiger partial charge in [-0.1, -0.05) is 6.92 Å². The predicted molar refractivity (Wildman–Crippen MR) is 64.1 cm³/mol. The summed E-state index contributed by atoms with van der Waals surface area (Å²) < 4.78 is 5.05. The molecule has 0 bridgehead atoms. The molecule has 1 fully saturated rings. The Morgan fingerprint density at radius 2 is 2.00 bits per heavy atom. The zero-order valence-electron chi connectivity index (χ0n) is 9.92. The SMILES string of the molecule is CC[C@@H]1C(=O)N(c2ccc(OC)cc2)[C@H]1C=O. The quantitative estimate of drug-likeness (QED) is 0.586. The number of methoxy groups -OCH3 is 1. The fourth-order valence-electron chi connectivity index (χ4n) is 2.18. The largest absolute Gasteiger partial charge is 0.497 e. The number of carbonyl (C=O) groups excluding carboxylic acids is 2. The predicted octanol–water partition coefficient (Wildman–Crippen LogP) is 1.64. The Morgan fingerprint density at radius 3 is 2.47 bits per heavy atom. The van der Waals surface area contributed by atoms with Gasteiger partial charge in [0.2, 0.25) is 5.91 Å². The molecule has 4 heteroatoms. The minimum Gasteiger partial charge on any atom is -0.497 e. The van der Waals surface area contributed by atoms with Crippen LogP contribution in [0, 0.1) is 5.92 Å². The van der Waals surface area contributed by atoms with Gasteiger partial charge >= 0.3 is 0 Å². The summed E-state index contributed by atoms with van der Waals surface area (Å²) in [7, 11) is 1.59. The van der Waals surface area contributed by atoms with Crippen LogP contribution < -0.4 is 9.64 Å². The Kier molecular flexibility index (Phi) is 3.13. The second-order valence-electron chi connectivity index (χ2n) is 4.05. The van der Waals surface area contributed by atoms with E-state index in [-0.39, 0.29) is 17.9 Å². The number of benzene rings is 1. The smallest absolute Gasteiger partial charge is 0.233 e. The lowest BCUT2D eigenvalue weighted by molar-refractivity contribution is -0.134. The number of aldehydes is 1. The number of hydrogen-bond donors (Lipinski definition) is 0. The third-order valence-corrected chi connectivity index (χ3v) is 3.19. The van der Waals surface area contributed by atoms with E-state index in [1.54, 1.807) is 36.3 Å². The molecule has 0 aromatic heterocycles. The molecule has 2 atom stereocenters. The molecule has 1 aliphatic heterocycles. The van der Waals surface area contributed by atoms with Crippen LogP contribution in [0.2, 0.25) is 0 Å². The van der Waals surface area contributed by atoms with Crippen LogP contribution in [0.3, 0.4) is 0 Å². The molecule has 0 spiro atoms. The summed E-state index contributed by atoms with van der Waals surface area (Å²) in [6.07, 6.45) is 1.55. The van der Waals surface area contributed by atoms with Gasteiger partial charge in [-0.15, -0.1) is 0 Å². The Balaban J connectivity index is 2.22. The molecule has 0 N–H and O–H groups in total. The van der Waals surface area contributed by atoms with Gasteiger partial charge in [0, 0.05) is 5.69 Å². The first-order valence-electron chi connectivity index (χ1n) is 5.65. The topological polar surface area (TPSA) is 46.6 Å². The van der Waals surface area contributed by atoms with Crippen molar-refractivity contribution in [1.82, 2.24) is 0 Å². The van der Waals surface area contributed by atoms with Gasteiger partial charge in [-0.25, -0.2) is 0 Å². The van der Waals surface area contributed by atoms with Gasteiger partial charge in [-0.05, 0) is 30.7 Å². The number of hydrogen-bond acceptors (Lipinski definition) is 3. The highest BCUT2D eigenvalue weighted by Crippen LogP contribution is 2.34. The van der Waals surface area contributed by atoms with Gasteiger partial charge < -0.3 is 14.4 Å². The number of ether oxygens (including phenoxy) is 1. The van der Waals surface area contributed by atoms with Crippen LogP contribution in [-0.4, -0.2) is 25.3 Å². The Bertz CT molecular complexity index is 427. The lowest BCUT2D eigenvalue weighted by Crippen LogP contribution is -2.62. The number of amides is 1. The van der Waals surface area contributed by atoms with E-state index < -0.39 is 0 Å². The number of carbonyl (C=O) groups is 2. The normalized spacial score (nSPS) is 23.2. The molecule has 1 aliphatic rings. The minimum atomic E-state index is -0.319. The standard InChI is InChI=1S/C13H15NO3/c1-3-11-12(8-15)14(13(11)16)9-4-6-10(17-2)7-5-9/h4-8,11-12H,3H2,1-2H3/t11-,12-/m0/s1. The first-order chi connectivity index (χ1) is 8.22. The maximum atomic E-state index is 11.9. The molecule has 0 radical (unpaired) electrons. The number of rotatable bonds is 4. The molecular weight excluding hydrogens is 218 g/mol. The summed E-state index contributed by atoms with van der Waals surface area (Å²) in [6.45, 7) is 1.92. The first-order valence-corrected chi connectivity index (χ1v) is 5.65. The Hall–Kier alpha value is -1.84. The molecule has 0 aliphatic carbocycles. The van der Waals surface area contributed by atoms with E-state index in [2.05, 4.69) is 0 Å². The molecule has 2 rings (SSSR count). The monoisotopic (exact) mass is 233 g/mol. The van der Waals surface area contributed by atoms with Crippen molar-refractivity contribution in [3.05, 3.63) is 24.3 Å². The highest BCUT2D eigenvalue weighted by molar-refractivity contribution is 6.08. The molecule has 4 nitrogen and oxygen atoms in total. The fraction of sp³-hybridized carbons (Fsp3) is 0.385. The van der Waals surface area contributed by atoms with Gasteiger partial charge in [0.15, 0.2) is 0 Å². The Morgan fingerprint density at radius 1 is 1.35 bits per heavy atom.